The molecule has 0 saturated heterocycles. The van der Waals surface area contributed by atoms with Gasteiger partial charge in [-0.15, -0.1) is 11.8 Å². The third kappa shape index (κ3) is 7.25. The second-order valence-electron chi connectivity index (χ2n) is 3.93. The maximum atomic E-state index is 11.6. The van der Waals surface area contributed by atoms with E-state index in [0.29, 0.717) is 0 Å². The van der Waals surface area contributed by atoms with E-state index in [1.54, 1.807) is 0 Å². The number of rotatable bonds is 6. The number of carbonyl (C=O) groups is 2. The van der Waals surface area contributed by atoms with Gasteiger partial charge < -0.3 is 10.4 Å². The van der Waals surface area contributed by atoms with E-state index >= 15 is 0 Å². The number of carboxylic acids is 1. The number of hydrogen-bond acceptors (Lipinski definition) is 3. The average molecular weight is 233 g/mol. The predicted octanol–water partition coefficient (Wildman–Crippen LogP) is 1.50. The van der Waals surface area contributed by atoms with Crippen molar-refractivity contribution < 1.29 is 14.7 Å². The summed E-state index contributed by atoms with van der Waals surface area (Å²) in [5.41, 5.74) is 0. The van der Waals surface area contributed by atoms with Gasteiger partial charge in [-0.3, -0.25) is 9.59 Å². The number of hydrogen-bond donors (Lipinski definition) is 2. The van der Waals surface area contributed by atoms with Crippen molar-refractivity contribution in [2.24, 2.45) is 0 Å². The molecule has 1 atom stereocenters. The summed E-state index contributed by atoms with van der Waals surface area (Å²) < 4.78 is 0. The van der Waals surface area contributed by atoms with Gasteiger partial charge in [0, 0.05) is 6.04 Å². The van der Waals surface area contributed by atoms with Crippen molar-refractivity contribution >= 4 is 23.6 Å². The molecule has 15 heavy (non-hydrogen) atoms. The molecule has 0 rings (SSSR count). The van der Waals surface area contributed by atoms with Crippen molar-refractivity contribution in [3.63, 3.8) is 0 Å². The fourth-order valence-corrected chi connectivity index (χ4v) is 2.15. The highest BCUT2D eigenvalue weighted by Crippen LogP contribution is 2.20. The highest BCUT2D eigenvalue weighted by atomic mass is 32.2. The highest BCUT2D eigenvalue weighted by Gasteiger charge is 2.23. The van der Waals surface area contributed by atoms with Crippen LogP contribution in [0.15, 0.2) is 0 Å². The third-order valence-corrected chi connectivity index (χ3v) is 2.77. The molecule has 0 spiro atoms. The molecule has 88 valence electrons. The van der Waals surface area contributed by atoms with E-state index in [4.69, 9.17) is 5.11 Å². The molecule has 5 heteroatoms. The van der Waals surface area contributed by atoms with E-state index in [-0.39, 0.29) is 23.6 Å². The zero-order valence-electron chi connectivity index (χ0n) is 9.61. The largest absolute Gasteiger partial charge is 0.481 e. The first-order chi connectivity index (χ1) is 6.82. The lowest BCUT2D eigenvalue weighted by Crippen LogP contribution is -2.38. The Hall–Kier alpha value is -0.710. The van der Waals surface area contributed by atoms with Crippen LogP contribution in [0.4, 0.5) is 0 Å². The highest BCUT2D eigenvalue weighted by molar-refractivity contribution is 8.01. The minimum Gasteiger partial charge on any atom is -0.481 e. The summed E-state index contributed by atoms with van der Waals surface area (Å²) in [6, 6.07) is 0.0431. The smallest absolute Gasteiger partial charge is 0.305 e. The Morgan fingerprint density at radius 3 is 2.13 bits per heavy atom. The molecule has 0 saturated carbocycles. The summed E-state index contributed by atoms with van der Waals surface area (Å²) in [6.45, 7) is 7.61. The Kier molecular flexibility index (Phi) is 6.40. The van der Waals surface area contributed by atoms with Crippen LogP contribution < -0.4 is 5.32 Å². The predicted molar refractivity (Wildman–Crippen MR) is 62.0 cm³/mol. The quantitative estimate of drug-likeness (QED) is 0.729. The minimum absolute atomic E-state index is 0.0431. The zero-order chi connectivity index (χ0) is 12.0. The molecule has 0 fully saturated rings. The van der Waals surface area contributed by atoms with Crippen LogP contribution in [0.5, 0.6) is 0 Å². The number of carboxylic acid groups (broad SMARTS) is 1. The summed E-state index contributed by atoms with van der Waals surface area (Å²) in [4.78, 5) is 22.2. The average Bonchev–Trinajstić information content (AvgIpc) is 1.99. The van der Waals surface area contributed by atoms with E-state index in [9.17, 15) is 9.59 Å². The van der Waals surface area contributed by atoms with Gasteiger partial charge in [0.1, 0.15) is 0 Å². The van der Waals surface area contributed by atoms with Crippen molar-refractivity contribution in [2.75, 3.05) is 0 Å². The molecular weight excluding hydrogens is 214 g/mol. The lowest BCUT2D eigenvalue weighted by Gasteiger charge is -2.18. The van der Waals surface area contributed by atoms with Crippen molar-refractivity contribution in [3.8, 4) is 0 Å². The van der Waals surface area contributed by atoms with Gasteiger partial charge in [-0.1, -0.05) is 13.8 Å². The summed E-state index contributed by atoms with van der Waals surface area (Å²) in [7, 11) is 0. The van der Waals surface area contributed by atoms with Crippen molar-refractivity contribution in [3.05, 3.63) is 0 Å². The number of nitrogens with one attached hydrogen (secondary N) is 1. The van der Waals surface area contributed by atoms with E-state index < -0.39 is 11.2 Å². The molecule has 2 N–H and O–H groups in total. The fourth-order valence-electron chi connectivity index (χ4n) is 1.07. The normalized spacial score (nSPS) is 12.9. The Bertz CT molecular complexity index is 229. The second kappa shape index (κ2) is 6.71. The van der Waals surface area contributed by atoms with Gasteiger partial charge in [0.25, 0.3) is 0 Å². The maximum absolute atomic E-state index is 11.6. The Labute approximate surface area is 94.8 Å². The first kappa shape index (κ1) is 14.3. The first-order valence-electron chi connectivity index (χ1n) is 5.00. The fraction of sp³-hybridized carbons (Fsp3) is 0.800. The third-order valence-electron chi connectivity index (χ3n) is 1.52. The molecule has 0 aliphatic heterocycles. The van der Waals surface area contributed by atoms with Crippen LogP contribution in [0.1, 0.15) is 34.1 Å². The number of carbonyl (C=O) groups excluding carboxylic acids is 1. The molecule has 1 amide bonds. The molecule has 0 aromatic heterocycles. The van der Waals surface area contributed by atoms with Crippen LogP contribution in [-0.2, 0) is 9.59 Å². The first-order valence-corrected chi connectivity index (χ1v) is 5.94. The Morgan fingerprint density at radius 1 is 1.27 bits per heavy atom. The maximum Gasteiger partial charge on any atom is 0.305 e. The van der Waals surface area contributed by atoms with Crippen LogP contribution in [0.25, 0.3) is 0 Å². The summed E-state index contributed by atoms with van der Waals surface area (Å²) in [5, 5.41) is 11.2. The molecule has 1 unspecified atom stereocenters. The van der Waals surface area contributed by atoms with Crippen LogP contribution in [0, 0.1) is 0 Å². The van der Waals surface area contributed by atoms with Gasteiger partial charge in [0.2, 0.25) is 5.91 Å². The molecule has 0 aliphatic rings. The van der Waals surface area contributed by atoms with Gasteiger partial charge >= 0.3 is 5.97 Å². The van der Waals surface area contributed by atoms with Gasteiger partial charge in [-0.2, -0.15) is 0 Å². The van der Waals surface area contributed by atoms with Crippen LogP contribution in [0.2, 0.25) is 0 Å². The van der Waals surface area contributed by atoms with Crippen LogP contribution >= 0.6 is 11.8 Å². The van der Waals surface area contributed by atoms with Crippen molar-refractivity contribution in [2.45, 2.75) is 50.7 Å². The van der Waals surface area contributed by atoms with Crippen molar-refractivity contribution in [1.29, 1.82) is 0 Å². The molecular formula is C10H19NO3S. The van der Waals surface area contributed by atoms with Gasteiger partial charge in [-0.05, 0) is 19.1 Å². The van der Waals surface area contributed by atoms with Gasteiger partial charge in [0.05, 0.1) is 11.7 Å². The number of amides is 1. The standard InChI is InChI=1S/C10H19NO3S/c1-6(2)11-10(14)8(5-9(12)13)15-7(3)4/h6-8H,5H2,1-4H3,(H,11,14)(H,12,13). The molecule has 0 aromatic carbocycles. The summed E-state index contributed by atoms with van der Waals surface area (Å²) >= 11 is 1.39. The topological polar surface area (TPSA) is 66.4 Å². The van der Waals surface area contributed by atoms with Crippen molar-refractivity contribution in [1.82, 2.24) is 5.32 Å². The van der Waals surface area contributed by atoms with Crippen LogP contribution in [0.3, 0.4) is 0 Å². The van der Waals surface area contributed by atoms with Gasteiger partial charge in [-0.25, -0.2) is 0 Å². The Balaban J connectivity index is 4.33. The number of thioether (sulfide) groups is 1. The lowest BCUT2D eigenvalue weighted by atomic mass is 10.2. The summed E-state index contributed by atoms with van der Waals surface area (Å²) in [5.74, 6) is -1.13. The second-order valence-corrected chi connectivity index (χ2v) is 5.72. The van der Waals surface area contributed by atoms with E-state index in [0.717, 1.165) is 0 Å². The molecule has 0 radical (unpaired) electrons. The summed E-state index contributed by atoms with van der Waals surface area (Å²) in [6.07, 6.45) is -0.124. The SMILES string of the molecule is CC(C)NC(=O)C(CC(=O)O)SC(C)C. The molecule has 0 aromatic rings. The molecule has 0 aliphatic carbocycles. The Morgan fingerprint density at radius 2 is 1.80 bits per heavy atom. The monoisotopic (exact) mass is 233 g/mol. The number of aliphatic carboxylic acids is 1. The molecule has 0 bridgehead atoms. The van der Waals surface area contributed by atoms with Crippen LogP contribution in [-0.4, -0.2) is 33.5 Å². The van der Waals surface area contributed by atoms with E-state index in [1.807, 2.05) is 27.7 Å². The molecule has 0 heterocycles. The van der Waals surface area contributed by atoms with E-state index in [1.165, 1.54) is 11.8 Å². The zero-order valence-corrected chi connectivity index (χ0v) is 10.4. The lowest BCUT2D eigenvalue weighted by molar-refractivity contribution is -0.138. The molecule has 4 nitrogen and oxygen atoms in total. The van der Waals surface area contributed by atoms with E-state index in [2.05, 4.69) is 5.32 Å². The minimum atomic E-state index is -0.938. The van der Waals surface area contributed by atoms with Gasteiger partial charge in [0.15, 0.2) is 0 Å².